The van der Waals surface area contributed by atoms with Crippen molar-refractivity contribution >= 4 is 17.5 Å². The third-order valence-corrected chi connectivity index (χ3v) is 6.02. The molecule has 31 heavy (non-hydrogen) atoms. The van der Waals surface area contributed by atoms with Crippen molar-refractivity contribution in [3.63, 3.8) is 0 Å². The number of allylic oxidation sites excluding steroid dienone is 1. The van der Waals surface area contributed by atoms with Gasteiger partial charge >= 0.3 is 0 Å². The van der Waals surface area contributed by atoms with Gasteiger partial charge in [0.15, 0.2) is 17.3 Å². The Bertz CT molecular complexity index is 945. The summed E-state index contributed by atoms with van der Waals surface area (Å²) in [5, 5.41) is 13.3. The maximum Gasteiger partial charge on any atom is 0.189 e. The van der Waals surface area contributed by atoms with Crippen molar-refractivity contribution in [1.82, 2.24) is 0 Å². The molecule has 1 unspecified atom stereocenters. The van der Waals surface area contributed by atoms with Crippen LogP contribution in [0.25, 0.3) is 6.08 Å². The number of ether oxygens (including phenoxy) is 1. The van der Waals surface area contributed by atoms with Crippen LogP contribution in [0.5, 0.6) is 11.5 Å². The Balaban J connectivity index is 1.59. The van der Waals surface area contributed by atoms with Crippen LogP contribution in [0.4, 0.5) is 5.69 Å². The Morgan fingerprint density at radius 3 is 2.65 bits per heavy atom. The minimum absolute atomic E-state index is 0.0766. The van der Waals surface area contributed by atoms with Gasteiger partial charge < -0.3 is 15.2 Å². The predicted molar refractivity (Wildman–Crippen MR) is 128 cm³/mol. The second-order valence-corrected chi connectivity index (χ2v) is 9.12. The van der Waals surface area contributed by atoms with Gasteiger partial charge in [0.1, 0.15) is 0 Å². The van der Waals surface area contributed by atoms with E-state index in [1.54, 1.807) is 18.2 Å². The van der Waals surface area contributed by atoms with Gasteiger partial charge in [-0.1, -0.05) is 52.2 Å². The average Bonchev–Trinajstić information content (AvgIpc) is 3.04. The summed E-state index contributed by atoms with van der Waals surface area (Å²) in [4.78, 5) is 13.0. The molecule has 0 aromatic heterocycles. The molecule has 0 aliphatic heterocycles. The first-order chi connectivity index (χ1) is 14.9. The molecular formula is C27H35NO3. The SMILES string of the molecule is COc1cc(/C=C2\Cc3ccc(NCCC(C)CCCC(C)C)cc3C2=O)ccc1O. The second-order valence-electron chi connectivity index (χ2n) is 9.12. The van der Waals surface area contributed by atoms with Crippen molar-refractivity contribution in [2.45, 2.75) is 52.9 Å². The van der Waals surface area contributed by atoms with Crippen LogP contribution in [-0.4, -0.2) is 24.5 Å². The topological polar surface area (TPSA) is 58.6 Å². The lowest BCUT2D eigenvalue weighted by atomic mass is 9.97. The highest BCUT2D eigenvalue weighted by molar-refractivity contribution is 6.16. The van der Waals surface area contributed by atoms with Gasteiger partial charge in [-0.05, 0) is 59.7 Å². The molecule has 2 N–H and O–H groups in total. The maximum absolute atomic E-state index is 13.0. The number of nitrogens with one attached hydrogen (secondary N) is 1. The number of hydrogen-bond donors (Lipinski definition) is 2. The lowest BCUT2D eigenvalue weighted by molar-refractivity contribution is 0.104. The summed E-state index contributed by atoms with van der Waals surface area (Å²) < 4.78 is 5.17. The maximum atomic E-state index is 13.0. The van der Waals surface area contributed by atoms with E-state index in [1.807, 2.05) is 12.1 Å². The zero-order valence-corrected chi connectivity index (χ0v) is 19.2. The monoisotopic (exact) mass is 421 g/mol. The smallest absolute Gasteiger partial charge is 0.189 e. The van der Waals surface area contributed by atoms with Crippen LogP contribution in [0.2, 0.25) is 0 Å². The molecule has 0 amide bonds. The fraction of sp³-hybridized carbons (Fsp3) is 0.444. The molecule has 0 saturated carbocycles. The van der Waals surface area contributed by atoms with Gasteiger partial charge in [0, 0.05) is 29.8 Å². The van der Waals surface area contributed by atoms with Gasteiger partial charge in [0.2, 0.25) is 0 Å². The first-order valence-electron chi connectivity index (χ1n) is 11.4. The van der Waals surface area contributed by atoms with E-state index in [0.29, 0.717) is 18.1 Å². The third kappa shape index (κ3) is 6.13. The van der Waals surface area contributed by atoms with Crippen LogP contribution in [-0.2, 0) is 6.42 Å². The fourth-order valence-electron chi connectivity index (χ4n) is 4.09. The van der Waals surface area contributed by atoms with Crippen molar-refractivity contribution in [3.8, 4) is 11.5 Å². The van der Waals surface area contributed by atoms with Gasteiger partial charge in [-0.15, -0.1) is 0 Å². The molecule has 4 heteroatoms. The molecule has 0 saturated heterocycles. The summed E-state index contributed by atoms with van der Waals surface area (Å²) in [7, 11) is 1.52. The fourth-order valence-corrected chi connectivity index (χ4v) is 4.09. The lowest BCUT2D eigenvalue weighted by Crippen LogP contribution is -2.08. The Hall–Kier alpha value is -2.75. The number of carbonyl (C=O) groups excluding carboxylic acids is 1. The highest BCUT2D eigenvalue weighted by Gasteiger charge is 2.25. The van der Waals surface area contributed by atoms with Crippen molar-refractivity contribution in [3.05, 3.63) is 58.7 Å². The third-order valence-electron chi connectivity index (χ3n) is 6.02. The molecule has 1 aliphatic carbocycles. The largest absolute Gasteiger partial charge is 0.504 e. The molecule has 0 bridgehead atoms. The first kappa shape index (κ1) is 22.9. The number of hydrogen-bond acceptors (Lipinski definition) is 4. The minimum atomic E-state index is 0.0766. The van der Waals surface area contributed by atoms with Crippen LogP contribution in [0.3, 0.4) is 0 Å². The number of ketones is 1. The average molecular weight is 422 g/mol. The number of Topliss-reactive ketones (excluding diaryl/α,β-unsaturated/α-hetero) is 1. The van der Waals surface area contributed by atoms with E-state index in [9.17, 15) is 9.90 Å². The molecule has 3 rings (SSSR count). The van der Waals surface area contributed by atoms with Crippen LogP contribution in [0.15, 0.2) is 42.0 Å². The zero-order valence-electron chi connectivity index (χ0n) is 19.2. The highest BCUT2D eigenvalue weighted by Crippen LogP contribution is 2.32. The summed E-state index contributed by atoms with van der Waals surface area (Å²) in [5.74, 6) is 2.06. The summed E-state index contributed by atoms with van der Waals surface area (Å²) in [6, 6.07) is 11.2. The van der Waals surface area contributed by atoms with Crippen molar-refractivity contribution in [2.75, 3.05) is 19.0 Å². The summed E-state index contributed by atoms with van der Waals surface area (Å²) in [6.45, 7) is 7.81. The second kappa shape index (κ2) is 10.5. The normalized spacial score (nSPS) is 15.4. The van der Waals surface area contributed by atoms with Crippen molar-refractivity contribution in [2.24, 2.45) is 11.8 Å². The molecule has 2 aromatic rings. The highest BCUT2D eigenvalue weighted by atomic mass is 16.5. The van der Waals surface area contributed by atoms with E-state index >= 15 is 0 Å². The number of phenols is 1. The van der Waals surface area contributed by atoms with E-state index in [-0.39, 0.29) is 11.5 Å². The number of phenolic OH excluding ortho intramolecular Hbond substituents is 1. The number of anilines is 1. The number of rotatable bonds is 10. The van der Waals surface area contributed by atoms with E-state index in [2.05, 4.69) is 38.2 Å². The number of carbonyl (C=O) groups is 1. The number of fused-ring (bicyclic) bond motifs is 1. The van der Waals surface area contributed by atoms with E-state index in [1.165, 1.54) is 26.4 Å². The zero-order chi connectivity index (χ0) is 22.4. The number of methoxy groups -OCH3 is 1. The number of aromatic hydroxyl groups is 1. The van der Waals surface area contributed by atoms with Crippen molar-refractivity contribution in [1.29, 1.82) is 0 Å². The van der Waals surface area contributed by atoms with Crippen molar-refractivity contribution < 1.29 is 14.6 Å². The molecule has 0 radical (unpaired) electrons. The molecule has 166 valence electrons. The Morgan fingerprint density at radius 1 is 1.10 bits per heavy atom. The molecule has 4 nitrogen and oxygen atoms in total. The van der Waals surface area contributed by atoms with E-state index in [0.717, 1.165) is 46.8 Å². The van der Waals surface area contributed by atoms with Gasteiger partial charge in [-0.25, -0.2) is 0 Å². The van der Waals surface area contributed by atoms with Crippen LogP contribution in [0, 0.1) is 11.8 Å². The molecule has 0 fully saturated rings. The van der Waals surface area contributed by atoms with Gasteiger partial charge in [-0.2, -0.15) is 0 Å². The summed E-state index contributed by atoms with van der Waals surface area (Å²) >= 11 is 0. The molecular weight excluding hydrogens is 386 g/mol. The predicted octanol–water partition coefficient (Wildman–Crippen LogP) is 6.49. The van der Waals surface area contributed by atoms with E-state index in [4.69, 9.17) is 4.74 Å². The van der Waals surface area contributed by atoms with Crippen LogP contribution < -0.4 is 10.1 Å². The van der Waals surface area contributed by atoms with E-state index < -0.39 is 0 Å². The van der Waals surface area contributed by atoms with Gasteiger partial charge in [0.25, 0.3) is 0 Å². The Labute approximate surface area is 186 Å². The molecule has 0 heterocycles. The first-order valence-corrected chi connectivity index (χ1v) is 11.4. The molecule has 1 aliphatic rings. The van der Waals surface area contributed by atoms with Gasteiger partial charge in [-0.3, -0.25) is 4.79 Å². The standard InChI is InChI=1S/C27H35NO3/c1-18(2)6-5-7-19(3)12-13-28-23-10-9-21-16-22(27(30)24(21)17-23)14-20-8-11-25(29)26(15-20)31-4/h8-11,14-15,17-19,28-29H,5-7,12-13,16H2,1-4H3/b22-14+. The number of benzene rings is 2. The van der Waals surface area contributed by atoms with Gasteiger partial charge in [0.05, 0.1) is 7.11 Å². The van der Waals surface area contributed by atoms with Crippen LogP contribution in [0.1, 0.15) is 67.9 Å². The Kier molecular flexibility index (Phi) is 7.78. The molecule has 0 spiro atoms. The molecule has 1 atom stereocenters. The quantitative estimate of drug-likeness (QED) is 0.431. The summed E-state index contributed by atoms with van der Waals surface area (Å²) in [5.41, 5.74) is 4.46. The van der Waals surface area contributed by atoms with Crippen LogP contribution >= 0.6 is 0 Å². The Morgan fingerprint density at radius 2 is 1.90 bits per heavy atom. The summed E-state index contributed by atoms with van der Waals surface area (Å²) in [6.07, 6.45) is 7.53. The lowest BCUT2D eigenvalue weighted by Gasteiger charge is -2.14. The molecule has 2 aromatic carbocycles. The minimum Gasteiger partial charge on any atom is -0.504 e.